The predicted molar refractivity (Wildman–Crippen MR) is 136 cm³/mol. The van der Waals surface area contributed by atoms with E-state index in [1.54, 1.807) is 0 Å². The molecule has 2 aliphatic rings. The normalized spacial score (nSPS) is 12.1. The van der Waals surface area contributed by atoms with Crippen LogP contribution in [0.15, 0.2) is 60.7 Å². The van der Waals surface area contributed by atoms with Crippen LogP contribution in [-0.2, 0) is 16.0 Å². The van der Waals surface area contributed by atoms with Crippen LogP contribution in [-0.4, -0.2) is 19.9 Å². The Morgan fingerprint density at radius 3 is 1.73 bits per heavy atom. The fraction of sp³-hybridized carbons (Fsp3) is 0. The number of nitrogens with zero attached hydrogens (tertiary/aromatic N) is 2. The Morgan fingerprint density at radius 2 is 1.15 bits per heavy atom. The van der Waals surface area contributed by atoms with E-state index in [-0.39, 0.29) is 12.4 Å². The van der Waals surface area contributed by atoms with E-state index in [4.69, 9.17) is 21.6 Å². The van der Waals surface area contributed by atoms with E-state index in [1.807, 2.05) is 78.9 Å². The summed E-state index contributed by atoms with van der Waals surface area (Å²) in [6.45, 7) is 0. The van der Waals surface area contributed by atoms with Gasteiger partial charge in [0.2, 0.25) is 0 Å². The first kappa shape index (κ1) is 21.7. The van der Waals surface area contributed by atoms with Gasteiger partial charge in [0.1, 0.15) is 0 Å². The van der Waals surface area contributed by atoms with Gasteiger partial charge in [-0.15, -0.1) is 12.4 Å². The number of H-pyrrole nitrogens is 2. The number of hydrogen-bond acceptors (Lipinski definition) is 2. The van der Waals surface area contributed by atoms with E-state index in [1.165, 1.54) is 0 Å². The Hall–Kier alpha value is -3.08. The van der Waals surface area contributed by atoms with Crippen molar-refractivity contribution in [3.8, 4) is 11.1 Å². The second-order valence-corrected chi connectivity index (χ2v) is 8.66. The molecule has 6 rings (SSSR count). The molecule has 4 nitrogen and oxygen atoms in total. The molecule has 0 spiro atoms. The number of aromatic amines is 2. The number of fused-ring (bicyclic) bond motifs is 8. The molecular formula is C26H17Cl2FeN4. The van der Waals surface area contributed by atoms with Crippen molar-refractivity contribution in [3.63, 3.8) is 0 Å². The van der Waals surface area contributed by atoms with Crippen LogP contribution >= 0.6 is 24.0 Å². The van der Waals surface area contributed by atoms with Crippen molar-refractivity contribution >= 4 is 74.8 Å². The summed E-state index contributed by atoms with van der Waals surface area (Å²) < 4.78 is 0.906. The number of nitrogens with one attached hydrogen (secondary N) is 2. The van der Waals surface area contributed by atoms with Gasteiger partial charge in [0, 0.05) is 0 Å². The SMILES string of the molecule is Cl.Clc1ccc(-c2[c]([Fe])c3cc4nc(cc5ccc(cc6nc(cc2[nH]3)C=C6)[nH]5)C=C4)cc1. The molecule has 33 heavy (non-hydrogen) atoms. The molecule has 2 aliphatic heterocycles. The molecule has 0 atom stereocenters. The summed E-state index contributed by atoms with van der Waals surface area (Å²) in [4.78, 5) is 16.4. The molecule has 5 heterocycles. The first-order valence-corrected chi connectivity index (χ1v) is 11.1. The molecule has 0 radical (unpaired) electrons. The van der Waals surface area contributed by atoms with Gasteiger partial charge in [-0.3, -0.25) is 0 Å². The topological polar surface area (TPSA) is 57.4 Å². The van der Waals surface area contributed by atoms with E-state index in [0.717, 1.165) is 60.4 Å². The van der Waals surface area contributed by atoms with E-state index < -0.39 is 0 Å². The minimum atomic E-state index is 0. The quantitative estimate of drug-likeness (QED) is 0.245. The van der Waals surface area contributed by atoms with Crippen LogP contribution in [0.2, 0.25) is 5.02 Å². The number of rotatable bonds is 1. The van der Waals surface area contributed by atoms with E-state index in [9.17, 15) is 0 Å². The number of hydrogen-bond donors (Lipinski definition) is 2. The first-order chi connectivity index (χ1) is 15.6. The molecule has 0 saturated heterocycles. The molecule has 1 aromatic carbocycles. The fourth-order valence-electron chi connectivity index (χ4n) is 3.93. The molecule has 3 aromatic heterocycles. The second kappa shape index (κ2) is 8.69. The van der Waals surface area contributed by atoms with Crippen molar-refractivity contribution in [1.29, 1.82) is 0 Å². The molecule has 0 aliphatic carbocycles. The van der Waals surface area contributed by atoms with E-state index >= 15 is 0 Å². The third-order valence-electron chi connectivity index (χ3n) is 5.40. The van der Waals surface area contributed by atoms with Crippen LogP contribution in [0.25, 0.3) is 57.5 Å². The Kier molecular flexibility index (Phi) is 5.73. The molecule has 2 N–H and O–H groups in total. The Balaban J connectivity index is 0.00000228. The zero-order valence-corrected chi connectivity index (χ0v) is 19.8. The third-order valence-corrected chi connectivity index (χ3v) is 6.23. The van der Waals surface area contributed by atoms with Gasteiger partial charge in [-0.05, 0) is 0 Å². The number of halogens is 2. The molecule has 0 unspecified atom stereocenters. The van der Waals surface area contributed by atoms with Crippen molar-refractivity contribution in [1.82, 2.24) is 19.9 Å². The summed E-state index contributed by atoms with van der Waals surface area (Å²) in [6.07, 6.45) is 8.05. The Bertz CT molecular complexity index is 1590. The fourth-order valence-corrected chi connectivity index (χ4v) is 4.52. The van der Waals surface area contributed by atoms with Gasteiger partial charge >= 0.3 is 198 Å². The molecule has 163 valence electrons. The van der Waals surface area contributed by atoms with Crippen LogP contribution in [0.4, 0.5) is 0 Å². The summed E-state index contributed by atoms with van der Waals surface area (Å²) in [6, 6.07) is 20.0. The zero-order valence-electron chi connectivity index (χ0n) is 17.1. The third kappa shape index (κ3) is 4.29. The summed E-state index contributed by atoms with van der Waals surface area (Å²) in [5.74, 6) is 0. The van der Waals surface area contributed by atoms with Crippen molar-refractivity contribution in [3.05, 3.63) is 88.5 Å². The van der Waals surface area contributed by atoms with Crippen LogP contribution < -0.4 is 4.46 Å². The average molecular weight is 512 g/mol. The molecule has 4 aromatic rings. The molecule has 7 heteroatoms. The first-order valence-electron chi connectivity index (χ1n) is 10.1. The molecular weight excluding hydrogens is 495 g/mol. The van der Waals surface area contributed by atoms with Crippen LogP contribution in [0.5, 0.6) is 0 Å². The van der Waals surface area contributed by atoms with Gasteiger partial charge in [0.25, 0.3) is 0 Å². The van der Waals surface area contributed by atoms with Crippen LogP contribution in [0.1, 0.15) is 22.8 Å². The van der Waals surface area contributed by atoms with Gasteiger partial charge in [-0.1, -0.05) is 0 Å². The average Bonchev–Trinajstić information content (AvgIpc) is 3.55. The maximum absolute atomic E-state index is 6.13. The number of benzene rings is 1. The van der Waals surface area contributed by atoms with Crippen molar-refractivity contribution in [2.45, 2.75) is 0 Å². The summed E-state index contributed by atoms with van der Waals surface area (Å²) >= 11 is 10.5. The Morgan fingerprint density at radius 1 is 0.636 bits per heavy atom. The molecule has 0 amide bonds. The number of aromatic nitrogens is 4. The summed E-state index contributed by atoms with van der Waals surface area (Å²) in [5, 5.41) is 0.702. The van der Waals surface area contributed by atoms with E-state index in [2.05, 4.69) is 32.0 Å². The predicted octanol–water partition coefficient (Wildman–Crippen LogP) is 6.57. The van der Waals surface area contributed by atoms with Gasteiger partial charge in [-0.2, -0.15) is 0 Å². The monoisotopic (exact) mass is 511 g/mol. The molecule has 0 fully saturated rings. The maximum atomic E-state index is 6.13. The van der Waals surface area contributed by atoms with Crippen molar-refractivity contribution in [2.24, 2.45) is 0 Å². The van der Waals surface area contributed by atoms with Crippen LogP contribution in [0.3, 0.4) is 0 Å². The van der Waals surface area contributed by atoms with Gasteiger partial charge in [0.15, 0.2) is 0 Å². The van der Waals surface area contributed by atoms with Gasteiger partial charge in [-0.25, -0.2) is 0 Å². The van der Waals surface area contributed by atoms with Gasteiger partial charge < -0.3 is 0 Å². The minimum absolute atomic E-state index is 0. The summed E-state index contributed by atoms with van der Waals surface area (Å²) in [5.41, 5.74) is 9.46. The standard InChI is InChI=1S/C26H16ClN4.ClH.Fe/c27-17-3-1-16(2-4-17)25-14-24-13-22-8-7-20(29-22)11-18-5-6-19(28-18)12-21-9-10-23(30-21)15-26(25)31-24;;/h1-13,15,28,31H;1H;. The van der Waals surface area contributed by atoms with Gasteiger partial charge in [0.05, 0.1) is 0 Å². The summed E-state index contributed by atoms with van der Waals surface area (Å²) in [7, 11) is 0. The Labute approximate surface area is 209 Å². The van der Waals surface area contributed by atoms with E-state index in [0.29, 0.717) is 5.02 Å². The van der Waals surface area contributed by atoms with Crippen LogP contribution in [0, 0.1) is 0 Å². The van der Waals surface area contributed by atoms with Crippen molar-refractivity contribution in [2.75, 3.05) is 0 Å². The van der Waals surface area contributed by atoms with Crippen molar-refractivity contribution < 1.29 is 16.0 Å². The molecule has 0 saturated carbocycles. The second-order valence-electron chi connectivity index (χ2n) is 7.67. The zero-order chi connectivity index (χ0) is 21.7. The molecule has 8 bridgehead atoms.